The van der Waals surface area contributed by atoms with Crippen LogP contribution in [0.25, 0.3) is 0 Å². The van der Waals surface area contributed by atoms with E-state index in [1.807, 2.05) is 19.9 Å². The van der Waals surface area contributed by atoms with Crippen molar-refractivity contribution in [2.24, 2.45) is 0 Å². The molecule has 2 aliphatic heterocycles. The molecule has 0 amide bonds. The van der Waals surface area contributed by atoms with Gasteiger partial charge in [0.15, 0.2) is 12.0 Å². The van der Waals surface area contributed by atoms with Gasteiger partial charge in [0.2, 0.25) is 6.04 Å². The molecular formula is C21H24NO2+. The normalized spacial score (nSPS) is 25.7. The molecule has 0 N–H and O–H groups in total. The van der Waals surface area contributed by atoms with E-state index < -0.39 is 5.79 Å². The average molecular weight is 322 g/mol. The lowest BCUT2D eigenvalue weighted by molar-refractivity contribution is -0.595. The van der Waals surface area contributed by atoms with Gasteiger partial charge in [-0.2, -0.15) is 0 Å². The molecule has 2 aromatic rings. The summed E-state index contributed by atoms with van der Waals surface area (Å²) in [6, 6.07) is 19.3. The van der Waals surface area contributed by atoms with Crippen molar-refractivity contribution in [2.75, 3.05) is 13.2 Å². The third-order valence-electron chi connectivity index (χ3n) is 4.92. The summed E-state index contributed by atoms with van der Waals surface area (Å²) >= 11 is 0. The standard InChI is InChI=1S/C21H24NO2/c1-21(2)23-15-19(20(24-21)17-9-4-3-5-10-17)22-13-12-16-8-6-7-11-18(16)14-22/h3-11,14,19-20H,12-13,15H2,1-2H3/q+1/t19-,20-/m0/s1. The summed E-state index contributed by atoms with van der Waals surface area (Å²) in [5, 5.41) is 0. The van der Waals surface area contributed by atoms with Gasteiger partial charge >= 0.3 is 0 Å². The van der Waals surface area contributed by atoms with Crippen LogP contribution >= 0.6 is 0 Å². The molecule has 0 aliphatic carbocycles. The molecule has 0 bridgehead atoms. The number of nitrogens with zero attached hydrogens (tertiary/aromatic N) is 1. The van der Waals surface area contributed by atoms with Crippen molar-refractivity contribution in [2.45, 2.75) is 38.2 Å². The summed E-state index contributed by atoms with van der Waals surface area (Å²) in [4.78, 5) is 0. The molecule has 24 heavy (non-hydrogen) atoms. The Balaban J connectivity index is 1.69. The first kappa shape index (κ1) is 15.6. The van der Waals surface area contributed by atoms with Gasteiger partial charge in [0.05, 0.1) is 0 Å². The summed E-state index contributed by atoms with van der Waals surface area (Å²) < 4.78 is 14.7. The first-order valence-electron chi connectivity index (χ1n) is 8.68. The number of hydrogen-bond acceptors (Lipinski definition) is 2. The second-order valence-corrected chi connectivity index (χ2v) is 7.04. The van der Waals surface area contributed by atoms with Gasteiger partial charge in [0.1, 0.15) is 19.3 Å². The summed E-state index contributed by atoms with van der Waals surface area (Å²) in [5.41, 5.74) is 3.94. The van der Waals surface area contributed by atoms with E-state index in [0.717, 1.165) is 13.0 Å². The van der Waals surface area contributed by atoms with Crippen molar-refractivity contribution in [1.29, 1.82) is 0 Å². The van der Waals surface area contributed by atoms with Crippen LogP contribution in [-0.2, 0) is 15.9 Å². The van der Waals surface area contributed by atoms with E-state index in [1.165, 1.54) is 16.7 Å². The Morgan fingerprint density at radius 2 is 1.75 bits per heavy atom. The molecule has 0 saturated carbocycles. The van der Waals surface area contributed by atoms with Crippen LogP contribution in [-0.4, -0.2) is 35.8 Å². The first-order valence-corrected chi connectivity index (χ1v) is 8.68. The van der Waals surface area contributed by atoms with Gasteiger partial charge in [-0.05, 0) is 31.0 Å². The van der Waals surface area contributed by atoms with Crippen molar-refractivity contribution in [1.82, 2.24) is 0 Å². The van der Waals surface area contributed by atoms with Crippen LogP contribution in [0.3, 0.4) is 0 Å². The van der Waals surface area contributed by atoms with Gasteiger partial charge < -0.3 is 9.47 Å². The Morgan fingerprint density at radius 1 is 1.00 bits per heavy atom. The van der Waals surface area contributed by atoms with Gasteiger partial charge in [-0.3, -0.25) is 0 Å². The SMILES string of the molecule is CC1(C)OC[C@H]([N+]2=Cc3ccccc3CC2)[C@H](c2ccccc2)O1. The Labute approximate surface area is 143 Å². The van der Waals surface area contributed by atoms with Crippen molar-refractivity contribution >= 4 is 6.21 Å². The highest BCUT2D eigenvalue weighted by molar-refractivity contribution is 5.78. The van der Waals surface area contributed by atoms with Crippen molar-refractivity contribution < 1.29 is 14.0 Å². The minimum Gasteiger partial charge on any atom is -0.343 e. The van der Waals surface area contributed by atoms with Crippen LogP contribution in [0.2, 0.25) is 0 Å². The fourth-order valence-electron chi connectivity index (χ4n) is 3.64. The van der Waals surface area contributed by atoms with Crippen LogP contribution in [0.15, 0.2) is 54.6 Å². The molecule has 0 aromatic heterocycles. The maximum Gasteiger partial charge on any atom is 0.206 e. The lowest BCUT2D eigenvalue weighted by Gasteiger charge is -2.39. The van der Waals surface area contributed by atoms with Crippen LogP contribution in [0.1, 0.15) is 36.6 Å². The number of rotatable bonds is 2. The van der Waals surface area contributed by atoms with E-state index in [9.17, 15) is 0 Å². The fraction of sp³-hybridized carbons (Fsp3) is 0.381. The quantitative estimate of drug-likeness (QED) is 0.788. The largest absolute Gasteiger partial charge is 0.343 e. The molecule has 0 unspecified atom stereocenters. The zero-order valence-corrected chi connectivity index (χ0v) is 14.3. The zero-order valence-electron chi connectivity index (χ0n) is 14.3. The molecule has 1 saturated heterocycles. The Kier molecular flexibility index (Phi) is 3.99. The molecular weight excluding hydrogens is 298 g/mol. The molecule has 0 radical (unpaired) electrons. The summed E-state index contributed by atoms with van der Waals surface area (Å²) in [6.45, 7) is 5.66. The predicted octanol–water partition coefficient (Wildman–Crippen LogP) is 3.57. The number of hydrogen-bond donors (Lipinski definition) is 0. The van der Waals surface area contributed by atoms with Gasteiger partial charge in [-0.15, -0.1) is 0 Å². The third-order valence-corrected chi connectivity index (χ3v) is 4.92. The molecule has 4 rings (SSSR count). The van der Waals surface area contributed by atoms with Crippen LogP contribution < -0.4 is 0 Å². The van der Waals surface area contributed by atoms with Gasteiger partial charge in [-0.1, -0.05) is 48.5 Å². The maximum absolute atomic E-state index is 6.33. The van der Waals surface area contributed by atoms with E-state index in [2.05, 4.69) is 59.3 Å². The van der Waals surface area contributed by atoms with E-state index in [0.29, 0.717) is 6.61 Å². The molecule has 2 aromatic carbocycles. The average Bonchev–Trinajstić information content (AvgIpc) is 2.61. The zero-order chi connectivity index (χ0) is 16.6. The smallest absolute Gasteiger partial charge is 0.206 e. The van der Waals surface area contributed by atoms with Gasteiger partial charge in [0, 0.05) is 12.0 Å². The Morgan fingerprint density at radius 3 is 2.58 bits per heavy atom. The molecule has 0 spiro atoms. The third kappa shape index (κ3) is 3.02. The topological polar surface area (TPSA) is 21.5 Å². The second-order valence-electron chi connectivity index (χ2n) is 7.04. The molecule has 124 valence electrons. The number of benzene rings is 2. The minimum absolute atomic E-state index is 0.0106. The van der Waals surface area contributed by atoms with E-state index in [4.69, 9.17) is 9.47 Å². The first-order chi connectivity index (χ1) is 11.6. The van der Waals surface area contributed by atoms with Crippen LogP contribution in [0.5, 0.6) is 0 Å². The van der Waals surface area contributed by atoms with Crippen molar-refractivity contribution in [3.05, 3.63) is 71.3 Å². The molecule has 2 aliphatic rings. The number of fused-ring (bicyclic) bond motifs is 1. The maximum atomic E-state index is 6.33. The number of ether oxygens (including phenoxy) is 2. The molecule has 3 nitrogen and oxygen atoms in total. The lowest BCUT2D eigenvalue weighted by Crippen LogP contribution is -2.50. The summed E-state index contributed by atoms with van der Waals surface area (Å²) in [7, 11) is 0. The molecule has 2 atom stereocenters. The Bertz CT molecular complexity index is 751. The second kappa shape index (κ2) is 6.15. The van der Waals surface area contributed by atoms with Crippen molar-refractivity contribution in [3.8, 4) is 0 Å². The highest BCUT2D eigenvalue weighted by atomic mass is 16.7. The molecule has 1 fully saturated rings. The Hall–Kier alpha value is -1.97. The van der Waals surface area contributed by atoms with Crippen LogP contribution in [0.4, 0.5) is 0 Å². The van der Waals surface area contributed by atoms with Crippen LogP contribution in [0, 0.1) is 0 Å². The minimum atomic E-state index is -0.551. The van der Waals surface area contributed by atoms with E-state index in [-0.39, 0.29) is 12.1 Å². The molecule has 3 heteroatoms. The fourth-order valence-corrected chi connectivity index (χ4v) is 3.64. The highest BCUT2D eigenvalue weighted by Crippen LogP contribution is 2.34. The lowest BCUT2D eigenvalue weighted by atomic mass is 9.97. The monoisotopic (exact) mass is 322 g/mol. The molecule has 2 heterocycles. The van der Waals surface area contributed by atoms with E-state index in [1.54, 1.807) is 0 Å². The van der Waals surface area contributed by atoms with Crippen molar-refractivity contribution in [3.63, 3.8) is 0 Å². The summed E-state index contributed by atoms with van der Waals surface area (Å²) in [6.07, 6.45) is 3.34. The van der Waals surface area contributed by atoms with Gasteiger partial charge in [-0.25, -0.2) is 4.58 Å². The highest BCUT2D eigenvalue weighted by Gasteiger charge is 2.43. The van der Waals surface area contributed by atoms with Gasteiger partial charge in [0.25, 0.3) is 0 Å². The predicted molar refractivity (Wildman–Crippen MR) is 94.5 cm³/mol. The van der Waals surface area contributed by atoms with E-state index >= 15 is 0 Å². The summed E-state index contributed by atoms with van der Waals surface area (Å²) in [5.74, 6) is -0.551.